The van der Waals surface area contributed by atoms with Crippen molar-refractivity contribution in [1.29, 1.82) is 0 Å². The van der Waals surface area contributed by atoms with Gasteiger partial charge in [-0.1, -0.05) is 5.92 Å². The molecule has 0 bridgehead atoms. The van der Waals surface area contributed by atoms with Crippen LogP contribution in [0.25, 0.3) is 0 Å². The number of carbonyl (C=O) groups excluding carboxylic acids is 1. The van der Waals surface area contributed by atoms with E-state index in [1.165, 1.54) is 7.11 Å². The quantitative estimate of drug-likeness (QED) is 0.579. The SMILES string of the molecule is CC#CCC(=O)C(N)COC. The van der Waals surface area contributed by atoms with E-state index < -0.39 is 6.04 Å². The summed E-state index contributed by atoms with van der Waals surface area (Å²) < 4.78 is 4.71. The summed E-state index contributed by atoms with van der Waals surface area (Å²) in [6.07, 6.45) is 0.223. The van der Waals surface area contributed by atoms with Gasteiger partial charge in [-0.25, -0.2) is 0 Å². The van der Waals surface area contributed by atoms with E-state index in [1.54, 1.807) is 6.92 Å². The van der Waals surface area contributed by atoms with Gasteiger partial charge in [0.15, 0.2) is 5.78 Å². The number of ketones is 1. The molecule has 3 heteroatoms. The van der Waals surface area contributed by atoms with Crippen LogP contribution in [0.3, 0.4) is 0 Å². The Balaban J connectivity index is 3.70. The first-order valence-corrected chi connectivity index (χ1v) is 3.39. The smallest absolute Gasteiger partial charge is 0.163 e. The van der Waals surface area contributed by atoms with Crippen molar-refractivity contribution in [3.05, 3.63) is 0 Å². The van der Waals surface area contributed by atoms with Crippen LogP contribution in [0.1, 0.15) is 13.3 Å². The lowest BCUT2D eigenvalue weighted by Gasteiger charge is -2.05. The maximum Gasteiger partial charge on any atom is 0.163 e. The average Bonchev–Trinajstić information content (AvgIpc) is 2.00. The minimum Gasteiger partial charge on any atom is -0.383 e. The number of rotatable bonds is 4. The highest BCUT2D eigenvalue weighted by Crippen LogP contribution is 1.87. The van der Waals surface area contributed by atoms with E-state index in [4.69, 9.17) is 10.5 Å². The predicted molar refractivity (Wildman–Crippen MR) is 42.9 cm³/mol. The summed E-state index contributed by atoms with van der Waals surface area (Å²) in [5.74, 6) is 5.21. The Bertz CT molecular complexity index is 178. The van der Waals surface area contributed by atoms with Gasteiger partial charge in [-0.3, -0.25) is 4.79 Å². The molecule has 0 aliphatic heterocycles. The molecule has 0 heterocycles. The minimum absolute atomic E-state index is 0.0683. The van der Waals surface area contributed by atoms with E-state index in [0.717, 1.165) is 0 Å². The third-order valence-electron chi connectivity index (χ3n) is 1.20. The fourth-order valence-electron chi connectivity index (χ4n) is 0.579. The number of nitrogens with two attached hydrogens (primary N) is 1. The molecule has 0 aromatic carbocycles. The lowest BCUT2D eigenvalue weighted by atomic mass is 10.1. The van der Waals surface area contributed by atoms with Crippen molar-refractivity contribution in [3.8, 4) is 11.8 Å². The summed E-state index contributed by atoms with van der Waals surface area (Å²) in [4.78, 5) is 11.0. The van der Waals surface area contributed by atoms with Gasteiger partial charge >= 0.3 is 0 Å². The zero-order valence-corrected chi connectivity index (χ0v) is 6.89. The van der Waals surface area contributed by atoms with Gasteiger partial charge in [-0.15, -0.1) is 5.92 Å². The molecule has 0 aromatic rings. The zero-order valence-electron chi connectivity index (χ0n) is 6.89. The van der Waals surface area contributed by atoms with Crippen molar-refractivity contribution < 1.29 is 9.53 Å². The van der Waals surface area contributed by atoms with E-state index in [2.05, 4.69) is 11.8 Å². The van der Waals surface area contributed by atoms with Crippen LogP contribution in [0.4, 0.5) is 0 Å². The van der Waals surface area contributed by atoms with Crippen molar-refractivity contribution in [2.75, 3.05) is 13.7 Å². The average molecular weight is 155 g/mol. The number of carbonyl (C=O) groups is 1. The molecule has 0 saturated carbocycles. The molecular formula is C8H13NO2. The van der Waals surface area contributed by atoms with Crippen molar-refractivity contribution in [1.82, 2.24) is 0 Å². The summed E-state index contributed by atoms with van der Waals surface area (Å²) in [6, 6.07) is -0.527. The van der Waals surface area contributed by atoms with Gasteiger partial charge < -0.3 is 10.5 Å². The van der Waals surface area contributed by atoms with Crippen LogP contribution in [-0.4, -0.2) is 25.5 Å². The molecule has 1 atom stereocenters. The van der Waals surface area contributed by atoms with E-state index in [-0.39, 0.29) is 18.8 Å². The second-order valence-electron chi connectivity index (χ2n) is 2.13. The lowest BCUT2D eigenvalue weighted by molar-refractivity contribution is -0.120. The largest absolute Gasteiger partial charge is 0.383 e. The summed E-state index contributed by atoms with van der Waals surface area (Å²) in [7, 11) is 1.51. The summed E-state index contributed by atoms with van der Waals surface area (Å²) in [5, 5.41) is 0. The third-order valence-corrected chi connectivity index (χ3v) is 1.20. The molecule has 0 saturated heterocycles. The minimum atomic E-state index is -0.527. The summed E-state index contributed by atoms with van der Waals surface area (Å²) in [6.45, 7) is 1.96. The second kappa shape index (κ2) is 5.90. The topological polar surface area (TPSA) is 52.3 Å². The molecule has 1 unspecified atom stereocenters. The Hall–Kier alpha value is -0.850. The number of methoxy groups -OCH3 is 1. The molecule has 0 radical (unpaired) electrons. The maximum atomic E-state index is 11.0. The Morgan fingerprint density at radius 1 is 1.73 bits per heavy atom. The van der Waals surface area contributed by atoms with Crippen LogP contribution < -0.4 is 5.73 Å². The molecule has 11 heavy (non-hydrogen) atoms. The Kier molecular flexibility index (Phi) is 5.44. The second-order valence-corrected chi connectivity index (χ2v) is 2.13. The molecule has 0 aliphatic carbocycles. The van der Waals surface area contributed by atoms with E-state index >= 15 is 0 Å². The number of ether oxygens (including phenoxy) is 1. The van der Waals surface area contributed by atoms with Gasteiger partial charge in [0.25, 0.3) is 0 Å². The molecule has 0 fully saturated rings. The highest BCUT2D eigenvalue weighted by Gasteiger charge is 2.10. The fourth-order valence-corrected chi connectivity index (χ4v) is 0.579. The molecule has 0 aromatic heterocycles. The van der Waals surface area contributed by atoms with Gasteiger partial charge in [0, 0.05) is 7.11 Å². The van der Waals surface area contributed by atoms with Crippen LogP contribution in [0.2, 0.25) is 0 Å². The van der Waals surface area contributed by atoms with Gasteiger partial charge in [0.2, 0.25) is 0 Å². The summed E-state index contributed by atoms with van der Waals surface area (Å²) >= 11 is 0. The maximum absolute atomic E-state index is 11.0. The first-order valence-electron chi connectivity index (χ1n) is 3.39. The van der Waals surface area contributed by atoms with Crippen molar-refractivity contribution in [3.63, 3.8) is 0 Å². The molecule has 0 aliphatic rings. The molecular weight excluding hydrogens is 142 g/mol. The van der Waals surface area contributed by atoms with E-state index in [1.807, 2.05) is 0 Å². The molecule has 62 valence electrons. The Labute approximate surface area is 66.9 Å². The molecule has 0 amide bonds. The van der Waals surface area contributed by atoms with Crippen LogP contribution in [0.5, 0.6) is 0 Å². The Morgan fingerprint density at radius 3 is 2.82 bits per heavy atom. The molecule has 2 N–H and O–H groups in total. The molecule has 0 rings (SSSR count). The van der Waals surface area contributed by atoms with Gasteiger partial charge in [0.05, 0.1) is 19.1 Å². The van der Waals surface area contributed by atoms with Crippen LogP contribution in [0.15, 0.2) is 0 Å². The van der Waals surface area contributed by atoms with Crippen LogP contribution in [-0.2, 0) is 9.53 Å². The van der Waals surface area contributed by atoms with Crippen LogP contribution in [0, 0.1) is 11.8 Å². The molecule has 0 spiro atoms. The van der Waals surface area contributed by atoms with Crippen LogP contribution >= 0.6 is 0 Å². The monoisotopic (exact) mass is 155 g/mol. The Morgan fingerprint density at radius 2 is 2.36 bits per heavy atom. The lowest BCUT2D eigenvalue weighted by Crippen LogP contribution is -2.34. The summed E-state index contributed by atoms with van der Waals surface area (Å²) in [5.41, 5.74) is 5.43. The molecule has 3 nitrogen and oxygen atoms in total. The van der Waals surface area contributed by atoms with Crippen molar-refractivity contribution in [2.45, 2.75) is 19.4 Å². The van der Waals surface area contributed by atoms with Crippen molar-refractivity contribution in [2.24, 2.45) is 5.73 Å². The van der Waals surface area contributed by atoms with Crippen molar-refractivity contribution >= 4 is 5.78 Å². The standard InChI is InChI=1S/C8H13NO2/c1-3-4-5-8(10)7(9)6-11-2/h7H,5-6,9H2,1-2H3. The number of Topliss-reactive ketones (excluding diaryl/α,β-unsaturated/α-hetero) is 1. The van der Waals surface area contributed by atoms with E-state index in [0.29, 0.717) is 0 Å². The van der Waals surface area contributed by atoms with Gasteiger partial charge in [-0.2, -0.15) is 0 Å². The predicted octanol–water partition coefficient (Wildman–Crippen LogP) is -0.0574. The number of hydrogen-bond acceptors (Lipinski definition) is 3. The third kappa shape index (κ3) is 4.54. The normalized spacial score (nSPS) is 11.5. The number of hydrogen-bond donors (Lipinski definition) is 1. The fraction of sp³-hybridized carbons (Fsp3) is 0.625. The highest BCUT2D eigenvalue weighted by atomic mass is 16.5. The zero-order chi connectivity index (χ0) is 8.69. The van der Waals surface area contributed by atoms with Gasteiger partial charge in [0.1, 0.15) is 0 Å². The highest BCUT2D eigenvalue weighted by molar-refractivity contribution is 5.85. The van der Waals surface area contributed by atoms with E-state index in [9.17, 15) is 4.79 Å². The first kappa shape index (κ1) is 10.2. The van der Waals surface area contributed by atoms with Gasteiger partial charge in [-0.05, 0) is 6.92 Å². The first-order chi connectivity index (χ1) is 5.22.